The highest BCUT2D eigenvalue weighted by molar-refractivity contribution is 14.1. The van der Waals surface area contributed by atoms with Gasteiger partial charge >= 0.3 is 6.18 Å². The summed E-state index contributed by atoms with van der Waals surface area (Å²) in [6, 6.07) is 11.8. The van der Waals surface area contributed by atoms with E-state index in [0.29, 0.717) is 11.1 Å². The van der Waals surface area contributed by atoms with Gasteiger partial charge in [-0.2, -0.15) is 13.2 Å². The van der Waals surface area contributed by atoms with Crippen LogP contribution in [0.15, 0.2) is 48.5 Å². The van der Waals surface area contributed by atoms with Crippen LogP contribution >= 0.6 is 22.6 Å². The fourth-order valence-corrected chi connectivity index (χ4v) is 2.27. The molecule has 21 heavy (non-hydrogen) atoms. The van der Waals surface area contributed by atoms with Gasteiger partial charge in [-0.15, -0.1) is 0 Å². The largest absolute Gasteiger partial charge is 0.416 e. The lowest BCUT2D eigenvalue weighted by Crippen LogP contribution is -2.22. The van der Waals surface area contributed by atoms with Crippen LogP contribution in [0.3, 0.4) is 0 Å². The number of carbonyl (C=O) groups is 1. The third-order valence-corrected chi connectivity index (χ3v) is 3.49. The topological polar surface area (TPSA) is 29.1 Å². The molecular weight excluding hydrogens is 394 g/mol. The summed E-state index contributed by atoms with van der Waals surface area (Å²) in [5, 5.41) is 2.68. The Labute approximate surface area is 133 Å². The highest BCUT2D eigenvalue weighted by Gasteiger charge is 2.29. The van der Waals surface area contributed by atoms with Gasteiger partial charge in [0.25, 0.3) is 5.91 Å². The molecule has 2 rings (SSSR count). The van der Waals surface area contributed by atoms with E-state index in [1.54, 1.807) is 18.2 Å². The number of halogens is 4. The van der Waals surface area contributed by atoms with Crippen molar-refractivity contribution in [3.05, 3.63) is 68.8 Å². The van der Waals surface area contributed by atoms with Crippen LogP contribution in [0.1, 0.15) is 21.5 Å². The summed E-state index contributed by atoms with van der Waals surface area (Å²) in [6.45, 7) is 0.183. The van der Waals surface area contributed by atoms with E-state index < -0.39 is 11.7 Å². The molecule has 1 N–H and O–H groups in total. The van der Waals surface area contributed by atoms with E-state index in [-0.39, 0.29) is 12.5 Å². The molecule has 0 spiro atoms. The summed E-state index contributed by atoms with van der Waals surface area (Å²) in [7, 11) is 0. The summed E-state index contributed by atoms with van der Waals surface area (Å²) in [5.74, 6) is -0.256. The molecular formula is C15H11F3INO. The molecule has 0 aromatic heterocycles. The van der Waals surface area contributed by atoms with Gasteiger partial charge in [0.1, 0.15) is 0 Å². The molecule has 0 bridgehead atoms. The highest BCUT2D eigenvalue weighted by atomic mass is 127. The van der Waals surface area contributed by atoms with E-state index in [1.165, 1.54) is 12.1 Å². The molecule has 0 unspecified atom stereocenters. The number of amides is 1. The van der Waals surface area contributed by atoms with Crippen molar-refractivity contribution in [1.29, 1.82) is 0 Å². The highest BCUT2D eigenvalue weighted by Crippen LogP contribution is 2.29. The number of nitrogens with one attached hydrogen (secondary N) is 1. The summed E-state index contributed by atoms with van der Waals surface area (Å²) >= 11 is 2.10. The monoisotopic (exact) mass is 405 g/mol. The van der Waals surface area contributed by atoms with Crippen molar-refractivity contribution in [2.75, 3.05) is 0 Å². The molecule has 0 saturated carbocycles. The minimum atomic E-state index is -4.34. The van der Waals surface area contributed by atoms with Gasteiger partial charge in [-0.05, 0) is 58.5 Å². The number of alkyl halides is 3. The lowest BCUT2D eigenvalue weighted by atomic mass is 10.1. The van der Waals surface area contributed by atoms with Crippen LogP contribution in [0, 0.1) is 3.57 Å². The zero-order chi connectivity index (χ0) is 15.5. The zero-order valence-corrected chi connectivity index (χ0v) is 12.9. The van der Waals surface area contributed by atoms with Gasteiger partial charge in [0.15, 0.2) is 0 Å². The van der Waals surface area contributed by atoms with Crippen LogP contribution in [0.25, 0.3) is 0 Å². The second kappa shape index (κ2) is 6.46. The van der Waals surface area contributed by atoms with Crippen LogP contribution in [0.2, 0.25) is 0 Å². The molecule has 0 heterocycles. The van der Waals surface area contributed by atoms with Gasteiger partial charge in [-0.3, -0.25) is 4.79 Å². The first kappa shape index (κ1) is 15.8. The van der Waals surface area contributed by atoms with Crippen LogP contribution in [-0.2, 0) is 12.7 Å². The minimum Gasteiger partial charge on any atom is -0.348 e. The fraction of sp³-hybridized carbons (Fsp3) is 0.133. The smallest absolute Gasteiger partial charge is 0.348 e. The third-order valence-electron chi connectivity index (χ3n) is 2.82. The number of rotatable bonds is 3. The molecule has 0 radical (unpaired) electrons. The summed E-state index contributed by atoms with van der Waals surface area (Å²) in [6.07, 6.45) is -4.34. The molecule has 0 aliphatic carbocycles. The van der Waals surface area contributed by atoms with Crippen molar-refractivity contribution in [3.63, 3.8) is 0 Å². The SMILES string of the molecule is O=C(NCc1ccc(C(F)(F)F)cc1)c1cccc(I)c1. The second-order valence-corrected chi connectivity index (χ2v) is 5.63. The van der Waals surface area contributed by atoms with Gasteiger partial charge in [0, 0.05) is 15.7 Å². The maximum atomic E-state index is 12.4. The third kappa shape index (κ3) is 4.45. The quantitative estimate of drug-likeness (QED) is 0.761. The van der Waals surface area contributed by atoms with Crippen molar-refractivity contribution in [2.45, 2.75) is 12.7 Å². The molecule has 0 saturated heterocycles. The molecule has 0 fully saturated rings. The number of carbonyl (C=O) groups excluding carboxylic acids is 1. The molecule has 0 aliphatic heterocycles. The summed E-state index contributed by atoms with van der Waals surface area (Å²) in [4.78, 5) is 11.9. The first-order valence-electron chi connectivity index (χ1n) is 6.06. The van der Waals surface area contributed by atoms with E-state index in [1.807, 2.05) is 6.07 Å². The van der Waals surface area contributed by atoms with E-state index in [0.717, 1.165) is 15.7 Å². The Balaban J connectivity index is 1.98. The van der Waals surface area contributed by atoms with Gasteiger partial charge < -0.3 is 5.32 Å². The van der Waals surface area contributed by atoms with Crippen molar-refractivity contribution >= 4 is 28.5 Å². The van der Waals surface area contributed by atoms with Gasteiger partial charge in [-0.1, -0.05) is 18.2 Å². The van der Waals surface area contributed by atoms with Gasteiger partial charge in [0.2, 0.25) is 0 Å². The van der Waals surface area contributed by atoms with Gasteiger partial charge in [-0.25, -0.2) is 0 Å². The Bertz CT molecular complexity index is 638. The van der Waals surface area contributed by atoms with E-state index >= 15 is 0 Å². The Morgan fingerprint density at radius 3 is 2.33 bits per heavy atom. The average molecular weight is 405 g/mol. The molecule has 0 atom stereocenters. The normalized spacial score (nSPS) is 11.2. The van der Waals surface area contributed by atoms with Crippen molar-refractivity contribution in [2.24, 2.45) is 0 Å². The Morgan fingerprint density at radius 2 is 1.76 bits per heavy atom. The molecule has 2 aromatic carbocycles. The number of hydrogen-bond acceptors (Lipinski definition) is 1. The number of benzene rings is 2. The van der Waals surface area contributed by atoms with Crippen molar-refractivity contribution in [1.82, 2.24) is 5.32 Å². The molecule has 0 aliphatic rings. The van der Waals surface area contributed by atoms with Crippen LogP contribution in [0.4, 0.5) is 13.2 Å². The molecule has 2 aromatic rings. The maximum absolute atomic E-state index is 12.4. The lowest BCUT2D eigenvalue weighted by Gasteiger charge is -2.09. The molecule has 1 amide bonds. The van der Waals surface area contributed by atoms with E-state index in [4.69, 9.17) is 0 Å². The van der Waals surface area contributed by atoms with E-state index in [2.05, 4.69) is 27.9 Å². The van der Waals surface area contributed by atoms with E-state index in [9.17, 15) is 18.0 Å². The fourth-order valence-electron chi connectivity index (χ4n) is 1.73. The molecule has 2 nitrogen and oxygen atoms in total. The first-order valence-corrected chi connectivity index (χ1v) is 7.14. The Morgan fingerprint density at radius 1 is 1.10 bits per heavy atom. The number of hydrogen-bond donors (Lipinski definition) is 1. The minimum absolute atomic E-state index is 0.183. The summed E-state index contributed by atoms with van der Waals surface area (Å²) in [5.41, 5.74) is 0.436. The molecule has 110 valence electrons. The maximum Gasteiger partial charge on any atom is 0.416 e. The first-order chi connectivity index (χ1) is 9.86. The zero-order valence-electron chi connectivity index (χ0n) is 10.7. The predicted octanol–water partition coefficient (Wildman–Crippen LogP) is 4.24. The second-order valence-electron chi connectivity index (χ2n) is 4.39. The standard InChI is InChI=1S/C15H11F3INO/c16-15(17,18)12-6-4-10(5-7-12)9-20-14(21)11-2-1-3-13(19)8-11/h1-8H,9H2,(H,20,21). The average Bonchev–Trinajstić information content (AvgIpc) is 2.44. The molecule has 6 heteroatoms. The summed E-state index contributed by atoms with van der Waals surface area (Å²) < 4.78 is 38.2. The van der Waals surface area contributed by atoms with Crippen molar-refractivity contribution < 1.29 is 18.0 Å². The Hall–Kier alpha value is -1.57. The van der Waals surface area contributed by atoms with Crippen LogP contribution in [0.5, 0.6) is 0 Å². The Kier molecular flexibility index (Phi) is 4.87. The lowest BCUT2D eigenvalue weighted by molar-refractivity contribution is -0.137. The van der Waals surface area contributed by atoms with Crippen molar-refractivity contribution in [3.8, 4) is 0 Å². The van der Waals surface area contributed by atoms with Crippen LogP contribution in [-0.4, -0.2) is 5.91 Å². The predicted molar refractivity (Wildman–Crippen MR) is 81.8 cm³/mol. The van der Waals surface area contributed by atoms with Crippen LogP contribution < -0.4 is 5.32 Å². The van der Waals surface area contributed by atoms with Gasteiger partial charge in [0.05, 0.1) is 5.56 Å².